The summed E-state index contributed by atoms with van der Waals surface area (Å²) in [5, 5.41) is 12.9. The number of hydrogen-bond acceptors (Lipinski definition) is 5. The van der Waals surface area contributed by atoms with Crippen molar-refractivity contribution in [2.45, 2.75) is 20.1 Å². The van der Waals surface area contributed by atoms with Crippen molar-refractivity contribution >= 4 is 15.9 Å². The summed E-state index contributed by atoms with van der Waals surface area (Å²) < 4.78 is 11.3. The Labute approximate surface area is 107 Å². The number of nitrogens with zero attached hydrogens (tertiary/aromatic N) is 2. The Balaban J connectivity index is 2.08. The Kier molecular flexibility index (Phi) is 3.75. The lowest BCUT2D eigenvalue weighted by molar-refractivity contribution is 0.228. The lowest BCUT2D eigenvalue weighted by Crippen LogP contribution is -1.99. The number of aliphatic hydroxyl groups excluding tert-OH is 1. The summed E-state index contributed by atoms with van der Waals surface area (Å²) >= 11 is 3.33. The van der Waals surface area contributed by atoms with Crippen LogP contribution in [0.25, 0.3) is 0 Å². The highest BCUT2D eigenvalue weighted by Gasteiger charge is 2.07. The van der Waals surface area contributed by atoms with Crippen molar-refractivity contribution < 1.29 is 14.4 Å². The van der Waals surface area contributed by atoms with E-state index in [1.807, 2.05) is 6.07 Å². The zero-order chi connectivity index (χ0) is 12.3. The first kappa shape index (κ1) is 12.1. The van der Waals surface area contributed by atoms with Crippen molar-refractivity contribution in [2.75, 3.05) is 0 Å². The minimum atomic E-state index is -0.0857. The molecule has 90 valence electrons. The Morgan fingerprint density at radius 3 is 2.94 bits per heavy atom. The highest BCUT2D eigenvalue weighted by molar-refractivity contribution is 9.10. The Bertz CT molecular complexity index is 513. The van der Waals surface area contributed by atoms with E-state index in [9.17, 15) is 5.11 Å². The van der Waals surface area contributed by atoms with Crippen LogP contribution in [0.4, 0.5) is 0 Å². The van der Waals surface area contributed by atoms with E-state index in [4.69, 9.17) is 9.26 Å². The third kappa shape index (κ3) is 3.04. The topological polar surface area (TPSA) is 68.4 Å². The first-order valence-corrected chi connectivity index (χ1v) is 5.79. The van der Waals surface area contributed by atoms with Gasteiger partial charge in [-0.15, -0.1) is 0 Å². The molecule has 2 aromatic rings. The summed E-state index contributed by atoms with van der Waals surface area (Å²) in [6.45, 7) is 1.85. The van der Waals surface area contributed by atoms with Gasteiger partial charge in [0.25, 0.3) is 5.89 Å². The molecule has 17 heavy (non-hydrogen) atoms. The van der Waals surface area contributed by atoms with E-state index in [1.165, 1.54) is 0 Å². The molecule has 0 aliphatic rings. The Morgan fingerprint density at radius 1 is 1.47 bits per heavy atom. The molecule has 0 aliphatic heterocycles. The summed E-state index contributed by atoms with van der Waals surface area (Å²) in [5.74, 6) is 1.59. The normalized spacial score (nSPS) is 10.5. The smallest absolute Gasteiger partial charge is 0.264 e. The molecule has 1 aromatic heterocycles. The van der Waals surface area contributed by atoms with Crippen LogP contribution < -0.4 is 4.74 Å². The van der Waals surface area contributed by atoms with Crippen LogP contribution in [0.1, 0.15) is 17.3 Å². The second-order valence-corrected chi connectivity index (χ2v) is 4.35. The second kappa shape index (κ2) is 5.29. The second-order valence-electron chi connectivity index (χ2n) is 3.43. The number of aryl methyl sites for hydroxylation is 1. The molecule has 1 aromatic carbocycles. The zero-order valence-corrected chi connectivity index (χ0v) is 10.8. The van der Waals surface area contributed by atoms with Gasteiger partial charge in [-0.3, -0.25) is 0 Å². The average Bonchev–Trinajstić information content (AvgIpc) is 2.73. The summed E-state index contributed by atoms with van der Waals surface area (Å²) in [4.78, 5) is 4.02. The van der Waals surface area contributed by atoms with Gasteiger partial charge in [0.15, 0.2) is 12.4 Å². The van der Waals surface area contributed by atoms with Gasteiger partial charge in [0.2, 0.25) is 0 Å². The maximum absolute atomic E-state index is 9.19. The number of aromatic nitrogens is 2. The summed E-state index contributed by atoms with van der Waals surface area (Å²) in [5.41, 5.74) is 0.704. The van der Waals surface area contributed by atoms with Crippen LogP contribution in [0.3, 0.4) is 0 Å². The van der Waals surface area contributed by atoms with Crippen molar-refractivity contribution in [3.05, 3.63) is 40.0 Å². The predicted molar refractivity (Wildman–Crippen MR) is 63.4 cm³/mol. The SMILES string of the molecule is Cc1noc(COc2ccc(Br)cc2CO)n1. The molecule has 0 amide bonds. The van der Waals surface area contributed by atoms with Gasteiger partial charge in [0.1, 0.15) is 5.75 Å². The fourth-order valence-electron chi connectivity index (χ4n) is 1.35. The van der Waals surface area contributed by atoms with Crippen LogP contribution in [-0.2, 0) is 13.2 Å². The number of hydrogen-bond donors (Lipinski definition) is 1. The first-order valence-electron chi connectivity index (χ1n) is 5.00. The molecule has 0 saturated carbocycles. The van der Waals surface area contributed by atoms with Crippen LogP contribution in [0.15, 0.2) is 27.2 Å². The molecule has 0 aliphatic carbocycles. The van der Waals surface area contributed by atoms with E-state index in [0.717, 1.165) is 4.47 Å². The Morgan fingerprint density at radius 2 is 2.29 bits per heavy atom. The van der Waals surface area contributed by atoms with Crippen molar-refractivity contribution in [3.63, 3.8) is 0 Å². The van der Waals surface area contributed by atoms with Crippen molar-refractivity contribution in [2.24, 2.45) is 0 Å². The maximum atomic E-state index is 9.19. The summed E-state index contributed by atoms with van der Waals surface area (Å²) in [6.07, 6.45) is 0. The molecule has 0 radical (unpaired) electrons. The van der Waals surface area contributed by atoms with Crippen LogP contribution in [0.2, 0.25) is 0 Å². The molecular formula is C11H11BrN2O3. The van der Waals surface area contributed by atoms with E-state index < -0.39 is 0 Å². The largest absolute Gasteiger partial charge is 0.483 e. The molecule has 6 heteroatoms. The minimum Gasteiger partial charge on any atom is -0.483 e. The van der Waals surface area contributed by atoms with Gasteiger partial charge in [0, 0.05) is 10.0 Å². The van der Waals surface area contributed by atoms with Crippen LogP contribution in [0.5, 0.6) is 5.75 Å². The van der Waals surface area contributed by atoms with Crippen molar-refractivity contribution in [1.82, 2.24) is 10.1 Å². The predicted octanol–water partition coefficient (Wildman–Crippen LogP) is 2.21. The van der Waals surface area contributed by atoms with Gasteiger partial charge in [-0.2, -0.15) is 4.98 Å². The van der Waals surface area contributed by atoms with E-state index in [-0.39, 0.29) is 13.2 Å². The number of halogens is 1. The molecule has 2 rings (SSSR count). The first-order chi connectivity index (χ1) is 8.19. The Hall–Kier alpha value is -1.40. The van der Waals surface area contributed by atoms with Crippen molar-refractivity contribution in [3.8, 4) is 5.75 Å². The molecule has 0 saturated heterocycles. The number of rotatable bonds is 4. The van der Waals surface area contributed by atoms with Gasteiger partial charge < -0.3 is 14.4 Å². The fourth-order valence-corrected chi connectivity index (χ4v) is 1.76. The van der Waals surface area contributed by atoms with E-state index in [0.29, 0.717) is 23.0 Å². The van der Waals surface area contributed by atoms with Gasteiger partial charge in [0.05, 0.1) is 6.61 Å². The van der Waals surface area contributed by atoms with Crippen LogP contribution in [0, 0.1) is 6.92 Å². The number of ether oxygens (including phenoxy) is 1. The number of aliphatic hydroxyl groups is 1. The molecule has 1 N–H and O–H groups in total. The highest BCUT2D eigenvalue weighted by Crippen LogP contribution is 2.23. The van der Waals surface area contributed by atoms with Gasteiger partial charge in [-0.1, -0.05) is 21.1 Å². The van der Waals surface area contributed by atoms with Crippen LogP contribution in [-0.4, -0.2) is 15.2 Å². The third-order valence-electron chi connectivity index (χ3n) is 2.11. The van der Waals surface area contributed by atoms with Gasteiger partial charge in [-0.25, -0.2) is 0 Å². The monoisotopic (exact) mass is 298 g/mol. The minimum absolute atomic E-state index is 0.0857. The van der Waals surface area contributed by atoms with Gasteiger partial charge in [-0.05, 0) is 25.1 Å². The standard InChI is InChI=1S/C11H11BrN2O3/c1-7-13-11(17-14-7)6-16-10-3-2-9(12)4-8(10)5-15/h2-4,15H,5-6H2,1H3. The van der Waals surface area contributed by atoms with E-state index in [1.54, 1.807) is 19.1 Å². The lowest BCUT2D eigenvalue weighted by atomic mass is 10.2. The molecule has 0 bridgehead atoms. The van der Waals surface area contributed by atoms with Crippen molar-refractivity contribution in [1.29, 1.82) is 0 Å². The highest BCUT2D eigenvalue weighted by atomic mass is 79.9. The molecule has 1 heterocycles. The van der Waals surface area contributed by atoms with Crippen LogP contribution >= 0.6 is 15.9 Å². The quantitative estimate of drug-likeness (QED) is 0.937. The number of benzene rings is 1. The zero-order valence-electron chi connectivity index (χ0n) is 9.18. The maximum Gasteiger partial charge on any atom is 0.264 e. The molecule has 5 nitrogen and oxygen atoms in total. The average molecular weight is 299 g/mol. The van der Waals surface area contributed by atoms with Gasteiger partial charge >= 0.3 is 0 Å². The summed E-state index contributed by atoms with van der Waals surface area (Å²) in [6, 6.07) is 5.42. The summed E-state index contributed by atoms with van der Waals surface area (Å²) in [7, 11) is 0. The van der Waals surface area contributed by atoms with E-state index in [2.05, 4.69) is 26.1 Å². The molecule has 0 unspecified atom stereocenters. The molecule has 0 atom stereocenters. The van der Waals surface area contributed by atoms with E-state index >= 15 is 0 Å². The third-order valence-corrected chi connectivity index (χ3v) is 2.61. The molecule has 0 spiro atoms. The molecular weight excluding hydrogens is 288 g/mol. The fraction of sp³-hybridized carbons (Fsp3) is 0.273. The molecule has 0 fully saturated rings. The lowest BCUT2D eigenvalue weighted by Gasteiger charge is -2.08.